The minimum absolute atomic E-state index is 0.868. The molecule has 0 saturated heterocycles. The summed E-state index contributed by atoms with van der Waals surface area (Å²) in [5.41, 5.74) is 13.1. The molecular formula is C52H34N2O. The van der Waals surface area contributed by atoms with E-state index in [2.05, 4.69) is 210 Å². The summed E-state index contributed by atoms with van der Waals surface area (Å²) in [6.45, 7) is 0. The highest BCUT2D eigenvalue weighted by Crippen LogP contribution is 2.46. The van der Waals surface area contributed by atoms with Gasteiger partial charge in [0, 0.05) is 38.8 Å². The lowest BCUT2D eigenvalue weighted by atomic mass is 9.97. The Hall–Kier alpha value is -7.36. The van der Waals surface area contributed by atoms with Crippen LogP contribution in [0.4, 0.5) is 17.1 Å². The lowest BCUT2D eigenvalue weighted by Gasteiger charge is -2.27. The van der Waals surface area contributed by atoms with Crippen LogP contribution in [0, 0.1) is 0 Å². The summed E-state index contributed by atoms with van der Waals surface area (Å²) in [6, 6.07) is 73.7. The van der Waals surface area contributed by atoms with Crippen LogP contribution in [0.2, 0.25) is 0 Å². The third-order valence-electron chi connectivity index (χ3n) is 11.0. The molecule has 0 saturated carbocycles. The van der Waals surface area contributed by atoms with Crippen molar-refractivity contribution in [2.45, 2.75) is 0 Å². The zero-order valence-electron chi connectivity index (χ0n) is 29.9. The van der Waals surface area contributed by atoms with Crippen molar-refractivity contribution < 1.29 is 4.42 Å². The molecule has 0 amide bonds. The Morgan fingerprint density at radius 3 is 1.69 bits per heavy atom. The molecule has 2 heterocycles. The lowest BCUT2D eigenvalue weighted by molar-refractivity contribution is 0.670. The Morgan fingerprint density at radius 2 is 0.945 bits per heavy atom. The smallest absolute Gasteiger partial charge is 0.145 e. The highest BCUT2D eigenvalue weighted by Gasteiger charge is 2.22. The molecule has 3 nitrogen and oxygen atoms in total. The Morgan fingerprint density at radius 1 is 0.382 bits per heavy atom. The van der Waals surface area contributed by atoms with Crippen molar-refractivity contribution in [3.05, 3.63) is 206 Å². The maximum absolute atomic E-state index is 6.80. The molecule has 0 spiro atoms. The van der Waals surface area contributed by atoms with Crippen LogP contribution in [-0.4, -0.2) is 4.57 Å². The zero-order valence-corrected chi connectivity index (χ0v) is 29.9. The monoisotopic (exact) mass is 702 g/mol. The third-order valence-corrected chi connectivity index (χ3v) is 11.0. The number of anilines is 3. The van der Waals surface area contributed by atoms with Gasteiger partial charge in [0.25, 0.3) is 0 Å². The topological polar surface area (TPSA) is 21.3 Å². The van der Waals surface area contributed by atoms with E-state index in [-0.39, 0.29) is 0 Å². The summed E-state index contributed by atoms with van der Waals surface area (Å²) < 4.78 is 9.16. The van der Waals surface area contributed by atoms with E-state index in [1.54, 1.807) is 0 Å². The molecular weight excluding hydrogens is 669 g/mol. The number of nitrogens with zero attached hydrogens (tertiary/aromatic N) is 2. The number of hydrogen-bond donors (Lipinski definition) is 0. The first-order valence-corrected chi connectivity index (χ1v) is 18.8. The van der Waals surface area contributed by atoms with Crippen molar-refractivity contribution >= 4 is 71.6 Å². The molecule has 0 aliphatic carbocycles. The van der Waals surface area contributed by atoms with E-state index in [0.29, 0.717) is 0 Å². The fourth-order valence-corrected chi connectivity index (χ4v) is 8.49. The van der Waals surface area contributed by atoms with Crippen LogP contribution < -0.4 is 4.90 Å². The van der Waals surface area contributed by atoms with E-state index < -0.39 is 0 Å². The second-order valence-corrected chi connectivity index (χ2v) is 14.1. The second-order valence-electron chi connectivity index (χ2n) is 14.1. The highest BCUT2D eigenvalue weighted by molar-refractivity contribution is 6.17. The molecule has 3 heteroatoms. The van der Waals surface area contributed by atoms with Gasteiger partial charge >= 0.3 is 0 Å². The summed E-state index contributed by atoms with van der Waals surface area (Å²) in [7, 11) is 0. The predicted octanol–water partition coefficient (Wildman–Crippen LogP) is 14.6. The molecule has 11 aromatic rings. The number of para-hydroxylation sites is 4. The standard InChI is InChI=1S/C52H34N2O/c1-2-15-38(16-3-1)53(39-29-25-36(26-30-39)42-21-12-14-35-13-4-5-17-41(35)42)49-34-33-43(52-51(49)46-20-8-11-24-50(46)55-52)37-27-31-40(32-28-37)54-47-22-9-6-18-44(47)45-19-7-10-23-48(45)54/h1-34H. The van der Waals surface area contributed by atoms with E-state index in [9.17, 15) is 0 Å². The molecule has 0 unspecified atom stereocenters. The van der Waals surface area contributed by atoms with E-state index in [1.807, 2.05) is 6.07 Å². The largest absolute Gasteiger partial charge is 0.455 e. The Labute approximate surface area is 318 Å². The SMILES string of the molecule is c1ccc(N(c2ccc(-c3cccc4ccccc34)cc2)c2ccc(-c3ccc(-n4c5ccccc5c5ccccc54)cc3)c3oc4ccccc4c23)cc1. The van der Waals surface area contributed by atoms with Crippen LogP contribution >= 0.6 is 0 Å². The number of hydrogen-bond acceptors (Lipinski definition) is 2. The summed E-state index contributed by atoms with van der Waals surface area (Å²) in [6.07, 6.45) is 0. The Balaban J connectivity index is 1.06. The van der Waals surface area contributed by atoms with E-state index in [4.69, 9.17) is 4.42 Å². The van der Waals surface area contributed by atoms with Crippen LogP contribution in [0.3, 0.4) is 0 Å². The van der Waals surface area contributed by atoms with Gasteiger partial charge in [-0.2, -0.15) is 0 Å². The molecule has 11 rings (SSSR count). The van der Waals surface area contributed by atoms with Gasteiger partial charge in [-0.15, -0.1) is 0 Å². The fourth-order valence-electron chi connectivity index (χ4n) is 8.49. The van der Waals surface area contributed by atoms with Crippen molar-refractivity contribution in [3.63, 3.8) is 0 Å². The fraction of sp³-hybridized carbons (Fsp3) is 0. The quantitative estimate of drug-likeness (QED) is 0.172. The summed E-state index contributed by atoms with van der Waals surface area (Å²) in [5.74, 6) is 0. The molecule has 0 bridgehead atoms. The molecule has 0 N–H and O–H groups in total. The molecule has 0 fully saturated rings. The molecule has 0 aliphatic heterocycles. The molecule has 55 heavy (non-hydrogen) atoms. The summed E-state index contributed by atoms with van der Waals surface area (Å²) in [5, 5.41) is 7.18. The maximum atomic E-state index is 6.80. The second kappa shape index (κ2) is 12.6. The van der Waals surface area contributed by atoms with E-state index >= 15 is 0 Å². The van der Waals surface area contributed by atoms with E-state index in [0.717, 1.165) is 55.8 Å². The van der Waals surface area contributed by atoms with Gasteiger partial charge < -0.3 is 13.9 Å². The minimum atomic E-state index is 0.868. The van der Waals surface area contributed by atoms with Crippen LogP contribution in [0.25, 0.3) is 82.5 Å². The Bertz CT molecular complexity index is 3130. The van der Waals surface area contributed by atoms with Crippen LogP contribution in [0.15, 0.2) is 211 Å². The van der Waals surface area contributed by atoms with Gasteiger partial charge in [0.2, 0.25) is 0 Å². The maximum Gasteiger partial charge on any atom is 0.145 e. The molecule has 0 atom stereocenters. The summed E-state index contributed by atoms with van der Waals surface area (Å²) in [4.78, 5) is 2.35. The van der Waals surface area contributed by atoms with Gasteiger partial charge in [0.1, 0.15) is 11.2 Å². The van der Waals surface area contributed by atoms with E-state index in [1.165, 1.54) is 43.7 Å². The summed E-state index contributed by atoms with van der Waals surface area (Å²) >= 11 is 0. The average Bonchev–Trinajstić information content (AvgIpc) is 3.81. The molecule has 2 aromatic heterocycles. The predicted molar refractivity (Wildman–Crippen MR) is 231 cm³/mol. The van der Waals surface area contributed by atoms with Crippen LogP contribution in [0.1, 0.15) is 0 Å². The molecule has 0 radical (unpaired) electrons. The zero-order chi connectivity index (χ0) is 36.3. The van der Waals surface area contributed by atoms with Gasteiger partial charge in [0.15, 0.2) is 0 Å². The minimum Gasteiger partial charge on any atom is -0.455 e. The van der Waals surface area contributed by atoms with Crippen molar-refractivity contribution in [2.75, 3.05) is 4.90 Å². The van der Waals surface area contributed by atoms with Crippen molar-refractivity contribution in [1.82, 2.24) is 4.57 Å². The van der Waals surface area contributed by atoms with Crippen molar-refractivity contribution in [1.29, 1.82) is 0 Å². The normalized spacial score (nSPS) is 11.6. The first kappa shape index (κ1) is 31.2. The van der Waals surface area contributed by atoms with Gasteiger partial charge in [0.05, 0.1) is 22.1 Å². The number of rotatable bonds is 6. The Kier molecular flexibility index (Phi) is 7.17. The number of furan rings is 1. The van der Waals surface area contributed by atoms with Crippen LogP contribution in [-0.2, 0) is 0 Å². The first-order valence-electron chi connectivity index (χ1n) is 18.8. The average molecular weight is 703 g/mol. The first-order chi connectivity index (χ1) is 27.3. The molecule has 0 aliphatic rings. The van der Waals surface area contributed by atoms with Gasteiger partial charge in [-0.1, -0.05) is 140 Å². The van der Waals surface area contributed by atoms with Crippen molar-refractivity contribution in [2.24, 2.45) is 0 Å². The molecule has 258 valence electrons. The highest BCUT2D eigenvalue weighted by atomic mass is 16.3. The van der Waals surface area contributed by atoms with Crippen LogP contribution in [0.5, 0.6) is 0 Å². The number of benzene rings is 9. The third kappa shape index (κ3) is 5.05. The number of aromatic nitrogens is 1. The van der Waals surface area contributed by atoms with Crippen molar-refractivity contribution in [3.8, 4) is 27.9 Å². The number of fused-ring (bicyclic) bond motifs is 7. The lowest BCUT2D eigenvalue weighted by Crippen LogP contribution is -2.10. The van der Waals surface area contributed by atoms with Gasteiger partial charge in [-0.05, 0) is 94.2 Å². The van der Waals surface area contributed by atoms with Gasteiger partial charge in [-0.3, -0.25) is 0 Å². The van der Waals surface area contributed by atoms with Gasteiger partial charge in [-0.25, -0.2) is 0 Å². The molecule has 9 aromatic carbocycles.